The molecule has 0 spiro atoms. The quantitative estimate of drug-likeness (QED) is 0.809. The number of hydrogen-bond donors (Lipinski definition) is 1. The van der Waals surface area contributed by atoms with Crippen molar-refractivity contribution < 1.29 is 14.6 Å². The lowest BCUT2D eigenvalue weighted by atomic mass is 10.0. The Morgan fingerprint density at radius 2 is 2.00 bits per heavy atom. The molecule has 0 radical (unpaired) electrons. The molecule has 1 fully saturated rings. The van der Waals surface area contributed by atoms with Crippen LogP contribution in [0.1, 0.15) is 15.2 Å². The average molecular weight is 381 g/mol. The van der Waals surface area contributed by atoms with Crippen molar-refractivity contribution in [3.8, 4) is 17.2 Å². The Labute approximate surface area is 152 Å². The van der Waals surface area contributed by atoms with Crippen LogP contribution in [-0.2, 0) is 4.74 Å². The predicted octanol–water partition coefficient (Wildman–Crippen LogP) is 3.98. The minimum absolute atomic E-state index is 0.171. The molecule has 2 heterocycles. The maximum absolute atomic E-state index is 11.7. The van der Waals surface area contributed by atoms with Gasteiger partial charge in [0.25, 0.3) is 0 Å². The van der Waals surface area contributed by atoms with E-state index in [0.29, 0.717) is 39.1 Å². The van der Waals surface area contributed by atoms with Gasteiger partial charge in [0.05, 0.1) is 23.0 Å². The Balaban J connectivity index is 2.04. The van der Waals surface area contributed by atoms with Gasteiger partial charge >= 0.3 is 5.97 Å². The van der Waals surface area contributed by atoms with Crippen LogP contribution in [0.5, 0.6) is 0 Å². The van der Waals surface area contributed by atoms with Crippen LogP contribution in [-0.4, -0.2) is 41.7 Å². The zero-order chi connectivity index (χ0) is 17.1. The monoisotopic (exact) mass is 380 g/mol. The van der Waals surface area contributed by atoms with Gasteiger partial charge in [-0.3, -0.25) is 0 Å². The molecule has 3 rings (SSSR count). The number of morpholine rings is 1. The van der Waals surface area contributed by atoms with E-state index in [1.54, 1.807) is 24.3 Å². The number of halogens is 1. The van der Waals surface area contributed by atoms with Crippen molar-refractivity contribution >= 4 is 40.9 Å². The SMILES string of the molecule is N#Cc1c(SN2CCOCC2)sc(C(=O)O)c1-c1ccc(Cl)cc1. The molecule has 0 unspecified atom stereocenters. The molecule has 1 N–H and O–H groups in total. The van der Waals surface area contributed by atoms with Crippen molar-refractivity contribution in [2.75, 3.05) is 26.3 Å². The highest BCUT2D eigenvalue weighted by molar-refractivity contribution is 7.99. The van der Waals surface area contributed by atoms with Gasteiger partial charge in [0.1, 0.15) is 10.9 Å². The van der Waals surface area contributed by atoms with Gasteiger partial charge in [-0.2, -0.15) is 5.26 Å². The van der Waals surface area contributed by atoms with Crippen molar-refractivity contribution in [1.82, 2.24) is 4.31 Å². The number of nitrogens with zero attached hydrogens (tertiary/aromatic N) is 2. The number of ether oxygens (including phenoxy) is 1. The molecular formula is C16H13ClN2O3S2. The van der Waals surface area contributed by atoms with Crippen molar-refractivity contribution in [2.45, 2.75) is 4.21 Å². The van der Waals surface area contributed by atoms with Crippen molar-refractivity contribution in [3.05, 3.63) is 39.7 Å². The van der Waals surface area contributed by atoms with E-state index in [-0.39, 0.29) is 4.88 Å². The fourth-order valence-electron chi connectivity index (χ4n) is 2.37. The first kappa shape index (κ1) is 17.3. The van der Waals surface area contributed by atoms with E-state index < -0.39 is 5.97 Å². The standard InChI is InChI=1S/C16H13ClN2O3S2/c17-11-3-1-10(2-4-11)13-12(9-18)16(23-14(13)15(20)21)24-19-5-7-22-8-6-19/h1-4H,5-8H2,(H,20,21). The van der Waals surface area contributed by atoms with E-state index >= 15 is 0 Å². The third-order valence-electron chi connectivity index (χ3n) is 3.50. The molecule has 0 bridgehead atoms. The molecular weight excluding hydrogens is 368 g/mol. The first-order valence-electron chi connectivity index (χ1n) is 7.17. The average Bonchev–Trinajstić information content (AvgIpc) is 2.95. The number of carboxylic acids is 1. The van der Waals surface area contributed by atoms with Gasteiger partial charge in [0, 0.05) is 23.7 Å². The van der Waals surface area contributed by atoms with Crippen molar-refractivity contribution in [2.24, 2.45) is 0 Å². The lowest BCUT2D eigenvalue weighted by Gasteiger charge is -2.24. The van der Waals surface area contributed by atoms with Gasteiger partial charge in [-0.25, -0.2) is 9.10 Å². The minimum atomic E-state index is -1.03. The molecule has 124 valence electrons. The van der Waals surface area contributed by atoms with Gasteiger partial charge in [-0.1, -0.05) is 23.7 Å². The number of hydrogen-bond acceptors (Lipinski definition) is 6. The summed E-state index contributed by atoms with van der Waals surface area (Å²) < 4.78 is 8.11. The van der Waals surface area contributed by atoms with E-state index in [1.165, 1.54) is 11.9 Å². The number of aromatic carboxylic acids is 1. The van der Waals surface area contributed by atoms with Crippen molar-refractivity contribution in [1.29, 1.82) is 5.26 Å². The highest BCUT2D eigenvalue weighted by Gasteiger charge is 2.26. The summed E-state index contributed by atoms with van der Waals surface area (Å²) in [4.78, 5) is 11.8. The zero-order valence-electron chi connectivity index (χ0n) is 12.5. The second-order valence-corrected chi connectivity index (χ2v) is 7.85. The van der Waals surface area contributed by atoms with Crippen LogP contribution >= 0.6 is 34.9 Å². The molecule has 24 heavy (non-hydrogen) atoms. The van der Waals surface area contributed by atoms with Gasteiger partial charge in [0.2, 0.25) is 0 Å². The van der Waals surface area contributed by atoms with E-state index in [0.717, 1.165) is 24.4 Å². The molecule has 1 aliphatic heterocycles. The number of nitriles is 1. The van der Waals surface area contributed by atoms with E-state index in [1.807, 2.05) is 0 Å². The maximum atomic E-state index is 11.7. The Morgan fingerprint density at radius 1 is 1.33 bits per heavy atom. The molecule has 2 aromatic rings. The summed E-state index contributed by atoms with van der Waals surface area (Å²) in [5.74, 6) is -1.03. The number of rotatable bonds is 4. The first-order chi connectivity index (χ1) is 11.6. The predicted molar refractivity (Wildman–Crippen MR) is 94.7 cm³/mol. The molecule has 1 aliphatic rings. The van der Waals surface area contributed by atoms with Crippen molar-refractivity contribution in [3.63, 3.8) is 0 Å². The Hall–Kier alpha value is -1.56. The second kappa shape index (κ2) is 7.55. The Bertz CT molecular complexity index is 793. The lowest BCUT2D eigenvalue weighted by Crippen LogP contribution is -2.30. The summed E-state index contributed by atoms with van der Waals surface area (Å²) in [5, 5.41) is 19.7. The summed E-state index contributed by atoms with van der Waals surface area (Å²) in [5.41, 5.74) is 1.54. The van der Waals surface area contributed by atoms with Crippen LogP contribution in [0.4, 0.5) is 0 Å². The normalized spacial score (nSPS) is 15.2. The summed E-state index contributed by atoms with van der Waals surface area (Å²) >= 11 is 8.47. The smallest absolute Gasteiger partial charge is 0.346 e. The van der Waals surface area contributed by atoms with Crippen LogP contribution in [0.2, 0.25) is 5.02 Å². The lowest BCUT2D eigenvalue weighted by molar-refractivity contribution is 0.0703. The van der Waals surface area contributed by atoms with Crippen LogP contribution in [0, 0.1) is 11.3 Å². The number of carboxylic acid groups (broad SMARTS) is 1. The topological polar surface area (TPSA) is 73.6 Å². The third kappa shape index (κ3) is 3.58. The van der Waals surface area contributed by atoms with E-state index in [2.05, 4.69) is 10.4 Å². The summed E-state index contributed by atoms with van der Waals surface area (Å²) in [6.45, 7) is 2.75. The molecule has 0 saturated carbocycles. The van der Waals surface area contributed by atoms with Crippen LogP contribution in [0.3, 0.4) is 0 Å². The van der Waals surface area contributed by atoms with Gasteiger partial charge in [-0.05, 0) is 29.6 Å². The molecule has 1 aromatic carbocycles. The molecule has 1 saturated heterocycles. The van der Waals surface area contributed by atoms with E-state index in [4.69, 9.17) is 16.3 Å². The number of thiophene rings is 1. The van der Waals surface area contributed by atoms with Gasteiger partial charge < -0.3 is 9.84 Å². The van der Waals surface area contributed by atoms with Gasteiger partial charge in [-0.15, -0.1) is 11.3 Å². The minimum Gasteiger partial charge on any atom is -0.477 e. The van der Waals surface area contributed by atoms with Crippen LogP contribution in [0.25, 0.3) is 11.1 Å². The fraction of sp³-hybridized carbons (Fsp3) is 0.250. The highest BCUT2D eigenvalue weighted by atomic mass is 35.5. The molecule has 8 heteroatoms. The molecule has 5 nitrogen and oxygen atoms in total. The highest BCUT2D eigenvalue weighted by Crippen LogP contribution is 2.43. The molecule has 0 amide bonds. The summed E-state index contributed by atoms with van der Waals surface area (Å²) in [6, 6.07) is 9.03. The van der Waals surface area contributed by atoms with E-state index in [9.17, 15) is 15.2 Å². The molecule has 1 aromatic heterocycles. The Morgan fingerprint density at radius 3 is 2.58 bits per heavy atom. The largest absolute Gasteiger partial charge is 0.477 e. The zero-order valence-corrected chi connectivity index (χ0v) is 14.9. The van der Waals surface area contributed by atoms with Gasteiger partial charge in [0.15, 0.2) is 0 Å². The number of carbonyl (C=O) groups is 1. The third-order valence-corrected chi connectivity index (χ3v) is 6.19. The first-order valence-corrected chi connectivity index (χ1v) is 9.13. The fourth-order valence-corrected chi connectivity index (χ4v) is 4.86. The van der Waals surface area contributed by atoms with Crippen LogP contribution in [0.15, 0.2) is 28.5 Å². The summed E-state index contributed by atoms with van der Waals surface area (Å²) in [7, 11) is 0. The molecule has 0 aliphatic carbocycles. The summed E-state index contributed by atoms with van der Waals surface area (Å²) in [6.07, 6.45) is 0. The molecule has 0 atom stereocenters. The second-order valence-electron chi connectivity index (χ2n) is 5.03. The van der Waals surface area contributed by atoms with Crippen LogP contribution < -0.4 is 0 Å². The maximum Gasteiger partial charge on any atom is 0.346 e. The number of benzene rings is 1. The Kier molecular flexibility index (Phi) is 5.43.